The van der Waals surface area contributed by atoms with E-state index in [9.17, 15) is 0 Å². The molecular formula is C7H11N3S. The van der Waals surface area contributed by atoms with Gasteiger partial charge in [0.25, 0.3) is 0 Å². The molecule has 1 fully saturated rings. The van der Waals surface area contributed by atoms with Crippen LogP contribution in [0.15, 0.2) is 0 Å². The van der Waals surface area contributed by atoms with Gasteiger partial charge in [-0.1, -0.05) is 0 Å². The second kappa shape index (κ2) is 2.44. The lowest BCUT2D eigenvalue weighted by Crippen LogP contribution is -2.07. The quantitative estimate of drug-likeness (QED) is 0.671. The predicted molar refractivity (Wildman–Crippen MR) is 46.2 cm³/mol. The van der Waals surface area contributed by atoms with Crippen molar-refractivity contribution in [3.8, 4) is 0 Å². The topological polar surface area (TPSA) is 29.0 Å². The van der Waals surface area contributed by atoms with E-state index in [0.29, 0.717) is 5.92 Å². The molecule has 0 spiro atoms. The number of anilines is 1. The fraction of sp³-hybridized carbons (Fsp3) is 0.714. The average molecular weight is 169 g/mol. The first-order valence-electron chi connectivity index (χ1n) is 3.78. The number of hydrogen-bond donors (Lipinski definition) is 0. The molecule has 1 saturated carbocycles. The maximum absolute atomic E-state index is 4.41. The third kappa shape index (κ3) is 1.35. The normalized spacial score (nSPS) is 16.9. The van der Waals surface area contributed by atoms with E-state index in [2.05, 4.69) is 9.36 Å². The van der Waals surface area contributed by atoms with Crippen LogP contribution in [0.25, 0.3) is 0 Å². The lowest BCUT2D eigenvalue weighted by Gasteiger charge is -2.03. The molecule has 1 aliphatic rings. The van der Waals surface area contributed by atoms with Gasteiger partial charge >= 0.3 is 0 Å². The first-order valence-corrected chi connectivity index (χ1v) is 4.55. The van der Waals surface area contributed by atoms with Crippen LogP contribution in [0.3, 0.4) is 0 Å². The average Bonchev–Trinajstić information content (AvgIpc) is 2.68. The third-order valence-electron chi connectivity index (χ3n) is 1.76. The summed E-state index contributed by atoms with van der Waals surface area (Å²) in [7, 11) is 3.99. The summed E-state index contributed by atoms with van der Waals surface area (Å²) < 4.78 is 4.29. The molecule has 60 valence electrons. The molecular weight excluding hydrogens is 158 g/mol. The number of rotatable bonds is 2. The lowest BCUT2D eigenvalue weighted by atomic mass is 10.4. The van der Waals surface area contributed by atoms with Crippen LogP contribution in [-0.4, -0.2) is 23.5 Å². The molecule has 11 heavy (non-hydrogen) atoms. The summed E-state index contributed by atoms with van der Waals surface area (Å²) in [4.78, 5) is 6.41. The second-order valence-electron chi connectivity index (χ2n) is 3.10. The van der Waals surface area contributed by atoms with Gasteiger partial charge in [0.15, 0.2) is 0 Å². The summed E-state index contributed by atoms with van der Waals surface area (Å²) in [5.74, 6) is 1.73. The minimum atomic E-state index is 0.681. The van der Waals surface area contributed by atoms with Crippen molar-refractivity contribution in [3.05, 3.63) is 5.82 Å². The van der Waals surface area contributed by atoms with Crippen LogP contribution in [0, 0.1) is 0 Å². The largest absolute Gasteiger partial charge is 0.353 e. The van der Waals surface area contributed by atoms with Crippen molar-refractivity contribution in [3.63, 3.8) is 0 Å². The van der Waals surface area contributed by atoms with Crippen LogP contribution in [0.1, 0.15) is 24.6 Å². The Morgan fingerprint density at radius 1 is 1.45 bits per heavy atom. The molecule has 0 unspecified atom stereocenters. The van der Waals surface area contributed by atoms with E-state index >= 15 is 0 Å². The minimum Gasteiger partial charge on any atom is -0.353 e. The van der Waals surface area contributed by atoms with Crippen molar-refractivity contribution in [2.24, 2.45) is 0 Å². The molecule has 1 aliphatic carbocycles. The summed E-state index contributed by atoms with van der Waals surface area (Å²) >= 11 is 1.49. The van der Waals surface area contributed by atoms with Gasteiger partial charge in [-0.25, -0.2) is 4.98 Å². The summed E-state index contributed by atoms with van der Waals surface area (Å²) in [5.41, 5.74) is 0. The number of aromatic nitrogens is 2. The molecule has 0 radical (unpaired) electrons. The van der Waals surface area contributed by atoms with Crippen molar-refractivity contribution in [1.29, 1.82) is 0 Å². The smallest absolute Gasteiger partial charge is 0.204 e. The molecule has 0 amide bonds. The van der Waals surface area contributed by atoms with E-state index in [4.69, 9.17) is 0 Å². The van der Waals surface area contributed by atoms with Gasteiger partial charge in [0.2, 0.25) is 5.13 Å². The highest BCUT2D eigenvalue weighted by atomic mass is 32.1. The van der Waals surface area contributed by atoms with Crippen LogP contribution >= 0.6 is 11.5 Å². The van der Waals surface area contributed by atoms with Crippen molar-refractivity contribution < 1.29 is 0 Å². The second-order valence-corrected chi connectivity index (χ2v) is 3.83. The van der Waals surface area contributed by atoms with Crippen LogP contribution in [0.5, 0.6) is 0 Å². The Hall–Kier alpha value is -0.640. The Kier molecular flexibility index (Phi) is 1.56. The van der Waals surface area contributed by atoms with Crippen LogP contribution in [0.2, 0.25) is 0 Å². The highest BCUT2D eigenvalue weighted by Crippen LogP contribution is 2.39. The molecule has 0 aliphatic heterocycles. The van der Waals surface area contributed by atoms with Crippen molar-refractivity contribution >= 4 is 16.7 Å². The predicted octanol–water partition coefficient (Wildman–Crippen LogP) is 1.48. The molecule has 0 atom stereocenters. The van der Waals surface area contributed by atoms with Gasteiger partial charge in [0.1, 0.15) is 5.82 Å². The van der Waals surface area contributed by atoms with Gasteiger partial charge < -0.3 is 4.90 Å². The highest BCUT2D eigenvalue weighted by Gasteiger charge is 2.27. The van der Waals surface area contributed by atoms with Crippen molar-refractivity contribution in [2.45, 2.75) is 18.8 Å². The maximum Gasteiger partial charge on any atom is 0.204 e. The first kappa shape index (κ1) is 7.03. The van der Waals surface area contributed by atoms with Gasteiger partial charge in [-0.15, -0.1) is 0 Å². The fourth-order valence-electron chi connectivity index (χ4n) is 0.915. The van der Waals surface area contributed by atoms with E-state index in [-0.39, 0.29) is 0 Å². The monoisotopic (exact) mass is 169 g/mol. The summed E-state index contributed by atoms with van der Waals surface area (Å²) in [5, 5.41) is 1.02. The van der Waals surface area contributed by atoms with Crippen LogP contribution < -0.4 is 4.90 Å². The zero-order valence-electron chi connectivity index (χ0n) is 6.74. The minimum absolute atomic E-state index is 0.681. The number of nitrogens with zero attached hydrogens (tertiary/aromatic N) is 3. The third-order valence-corrected chi connectivity index (χ3v) is 2.65. The number of hydrogen-bond acceptors (Lipinski definition) is 4. The summed E-state index contributed by atoms with van der Waals surface area (Å²) in [6.07, 6.45) is 2.56. The van der Waals surface area contributed by atoms with Gasteiger partial charge in [-0.3, -0.25) is 0 Å². The Morgan fingerprint density at radius 3 is 2.64 bits per heavy atom. The molecule has 0 aromatic carbocycles. The molecule has 1 aromatic heterocycles. The van der Waals surface area contributed by atoms with Crippen LogP contribution in [0.4, 0.5) is 5.13 Å². The summed E-state index contributed by atoms with van der Waals surface area (Å²) in [6, 6.07) is 0. The van der Waals surface area contributed by atoms with Gasteiger partial charge in [-0.05, 0) is 12.8 Å². The van der Waals surface area contributed by atoms with E-state index in [1.807, 2.05) is 19.0 Å². The van der Waals surface area contributed by atoms with Crippen LogP contribution in [-0.2, 0) is 0 Å². The zero-order valence-corrected chi connectivity index (χ0v) is 7.56. The van der Waals surface area contributed by atoms with E-state index < -0.39 is 0 Å². The molecule has 1 aromatic rings. The zero-order chi connectivity index (χ0) is 7.84. The van der Waals surface area contributed by atoms with E-state index in [1.165, 1.54) is 24.4 Å². The Balaban J connectivity index is 2.18. The molecule has 0 N–H and O–H groups in total. The molecule has 2 rings (SSSR count). The Labute approximate surface area is 70.2 Å². The van der Waals surface area contributed by atoms with Crippen molar-refractivity contribution in [1.82, 2.24) is 9.36 Å². The highest BCUT2D eigenvalue weighted by molar-refractivity contribution is 7.09. The maximum atomic E-state index is 4.41. The Morgan fingerprint density at radius 2 is 2.18 bits per heavy atom. The fourth-order valence-corrected chi connectivity index (χ4v) is 1.58. The molecule has 0 saturated heterocycles. The van der Waals surface area contributed by atoms with Gasteiger partial charge in [0, 0.05) is 31.5 Å². The molecule has 1 heterocycles. The van der Waals surface area contributed by atoms with E-state index in [1.54, 1.807) is 0 Å². The Bertz CT molecular complexity index is 235. The standard InChI is InChI=1S/C7H11N3S/c1-10(2)7-8-6(9-11-7)5-3-4-5/h5H,3-4H2,1-2H3. The first-order chi connectivity index (χ1) is 5.27. The molecule has 4 heteroatoms. The lowest BCUT2D eigenvalue weighted by molar-refractivity contribution is 0.968. The van der Waals surface area contributed by atoms with Gasteiger partial charge in [0.05, 0.1) is 0 Å². The SMILES string of the molecule is CN(C)c1nc(C2CC2)ns1. The molecule has 3 nitrogen and oxygen atoms in total. The van der Waals surface area contributed by atoms with Gasteiger partial charge in [-0.2, -0.15) is 4.37 Å². The molecule has 0 bridgehead atoms. The summed E-state index contributed by atoms with van der Waals surface area (Å²) in [6.45, 7) is 0. The van der Waals surface area contributed by atoms with E-state index in [0.717, 1.165) is 11.0 Å². The van der Waals surface area contributed by atoms with Crippen molar-refractivity contribution in [2.75, 3.05) is 19.0 Å².